The van der Waals surface area contributed by atoms with Crippen molar-refractivity contribution < 1.29 is 76.5 Å². The number of methoxy groups -OCH3 is 4. The first-order valence-electron chi connectivity index (χ1n) is 45.4. The number of amides is 4. The van der Waals surface area contributed by atoms with Gasteiger partial charge in [0, 0.05) is 63.2 Å². The molecule has 0 spiro atoms. The summed E-state index contributed by atoms with van der Waals surface area (Å²) in [5.74, 6) is -4.65. The topological polar surface area (TPSA) is 261 Å². The number of hydrogen-bond acceptors (Lipinski definition) is 18. The van der Waals surface area contributed by atoms with E-state index in [4.69, 9.17) is 18.9 Å². The number of Topliss-reactive ketones (excluding diaryl/α,β-unsaturated/α-hetero) is 4. The van der Waals surface area contributed by atoms with E-state index in [-0.39, 0.29) is 130 Å². The van der Waals surface area contributed by atoms with Gasteiger partial charge in [0.15, 0.2) is 23.1 Å². The standard InChI is InChI=1S/2C52H67N3O8.CH4/c2*1-51(2,3)39(32-47(58)62-7)49(60)53-28-12-16-43(53)45(56)30-34-18-22-36(23-19-34)41-26-27-42(55(41)38-14-10-9-11-15-38)37-24-20-35(21-25-37)31-46(57)44-17-13-29-54(44)50(61)40(52(4,5)6)33-48(59)63-8;/h2*9-11,14-15,18-25,39-44H,12-13,16-17,26-33H2,1-8H3;1H4/t39-,40-,41+,42+,43+,44+;39-,40-,41-,42-,43+,44+;/m11./s1. The van der Waals surface area contributed by atoms with E-state index in [1.54, 1.807) is 19.6 Å². The van der Waals surface area contributed by atoms with Crippen LogP contribution in [0, 0.1) is 45.3 Å². The van der Waals surface area contributed by atoms with E-state index in [1.807, 2.05) is 144 Å². The molecule has 684 valence electrons. The lowest BCUT2D eigenvalue weighted by Gasteiger charge is -2.34. The molecule has 0 radical (unpaired) electrons. The normalized spacial score (nSPS) is 21.1. The number of anilines is 2. The Morgan fingerprint density at radius 1 is 0.283 bits per heavy atom. The van der Waals surface area contributed by atoms with Crippen molar-refractivity contribution in [3.63, 3.8) is 0 Å². The Balaban J connectivity index is 0.000000263. The first kappa shape index (κ1) is 98.5. The molecule has 6 heterocycles. The number of hydrogen-bond donors (Lipinski definition) is 0. The second-order valence-electron chi connectivity index (χ2n) is 39.8. The molecule has 4 amide bonds. The molecule has 0 saturated carbocycles. The number of rotatable bonds is 30. The van der Waals surface area contributed by atoms with E-state index >= 15 is 0 Å². The zero-order chi connectivity index (χ0) is 91.3. The first-order chi connectivity index (χ1) is 59.8. The number of carbonyl (C=O) groups is 12. The number of ether oxygens (including phenoxy) is 4. The maximum atomic E-state index is 13.8. The van der Waals surface area contributed by atoms with Gasteiger partial charge in [-0.1, -0.05) is 224 Å². The minimum absolute atomic E-state index is 0. The molecule has 6 aliphatic rings. The SMILES string of the molecule is C.COC(=O)C[C@H](C(=O)N1CCC[C@H]1C(=O)Cc1ccc([C@@H]2CC[C@@H](c3ccc(CC(=O)[C@@H]4CCCN4C(=O)[C@@H](CC(=O)OC)C(C)(C)C)cc3)N2c2ccccc2)cc1)C(C)(C)C.COC(=O)C[C@H](C(=O)N1CCC[C@H]1C(=O)Cc1ccc([C@H]2CC[C@H](c3ccc(CC(=O)[C@@H]4CCCN4C(=O)[C@@H](CC(=O)OC)C(C)(C)C)cc3)N2c2ccccc2)cc1)C(C)(C)C. The Morgan fingerprint density at radius 2 is 0.472 bits per heavy atom. The van der Waals surface area contributed by atoms with Crippen LogP contribution in [0.3, 0.4) is 0 Å². The maximum Gasteiger partial charge on any atom is 0.306 e. The van der Waals surface area contributed by atoms with Gasteiger partial charge in [-0.2, -0.15) is 0 Å². The number of nitrogens with zero attached hydrogens (tertiary/aromatic N) is 6. The van der Waals surface area contributed by atoms with Crippen LogP contribution >= 0.6 is 0 Å². The average molecular weight is 1740 g/mol. The minimum Gasteiger partial charge on any atom is -0.469 e. The Bertz CT molecular complexity index is 4250. The van der Waals surface area contributed by atoms with E-state index in [0.29, 0.717) is 51.9 Å². The third kappa shape index (κ3) is 24.2. The highest BCUT2D eigenvalue weighted by atomic mass is 16.5. The minimum atomic E-state index is -0.581. The number of ketones is 4. The molecule has 0 bridgehead atoms. The average Bonchev–Trinajstić information content (AvgIpc) is 1.63. The Kier molecular flexibility index (Phi) is 33.3. The summed E-state index contributed by atoms with van der Waals surface area (Å²) in [7, 11) is 5.31. The number of esters is 4. The summed E-state index contributed by atoms with van der Waals surface area (Å²) in [6.45, 7) is 25.3. The lowest BCUT2D eigenvalue weighted by atomic mass is 9.77. The highest BCUT2D eigenvalue weighted by molar-refractivity contribution is 5.96. The van der Waals surface area contributed by atoms with E-state index in [1.165, 1.54) is 28.4 Å². The van der Waals surface area contributed by atoms with Crippen molar-refractivity contribution in [1.82, 2.24) is 19.6 Å². The van der Waals surface area contributed by atoms with Gasteiger partial charge >= 0.3 is 23.9 Å². The molecule has 12 rings (SSSR count). The second-order valence-corrected chi connectivity index (χ2v) is 39.8. The molecule has 6 aromatic rings. The van der Waals surface area contributed by atoms with Crippen molar-refractivity contribution in [2.45, 2.75) is 267 Å². The fourth-order valence-electron chi connectivity index (χ4n) is 19.9. The molecule has 6 fully saturated rings. The zero-order valence-corrected chi connectivity index (χ0v) is 77.1. The van der Waals surface area contributed by atoms with Crippen LogP contribution < -0.4 is 9.80 Å². The third-order valence-corrected chi connectivity index (χ3v) is 27.2. The molecule has 127 heavy (non-hydrogen) atoms. The zero-order valence-electron chi connectivity index (χ0n) is 77.1. The lowest BCUT2D eigenvalue weighted by Crippen LogP contribution is -2.47. The lowest BCUT2D eigenvalue weighted by molar-refractivity contribution is -0.151. The van der Waals surface area contributed by atoms with Gasteiger partial charge in [-0.3, -0.25) is 57.5 Å². The molecular formula is C105H138N6O16. The van der Waals surface area contributed by atoms with Crippen molar-refractivity contribution in [2.24, 2.45) is 45.3 Å². The van der Waals surface area contributed by atoms with Gasteiger partial charge in [0.25, 0.3) is 0 Å². The molecule has 12 atom stereocenters. The molecule has 22 nitrogen and oxygen atoms in total. The van der Waals surface area contributed by atoms with E-state index in [0.717, 1.165) is 107 Å². The summed E-state index contributed by atoms with van der Waals surface area (Å²) in [5, 5.41) is 0. The molecule has 6 aliphatic heterocycles. The fourth-order valence-corrected chi connectivity index (χ4v) is 19.9. The third-order valence-electron chi connectivity index (χ3n) is 27.2. The van der Waals surface area contributed by atoms with Crippen LogP contribution in [0.4, 0.5) is 11.4 Å². The van der Waals surface area contributed by atoms with Gasteiger partial charge in [0.2, 0.25) is 23.6 Å². The smallest absolute Gasteiger partial charge is 0.306 e. The van der Waals surface area contributed by atoms with Gasteiger partial charge in [0.05, 0.1) is 126 Å². The molecular weight excluding hydrogens is 1600 g/mol. The van der Waals surface area contributed by atoms with E-state index in [2.05, 4.69) is 107 Å². The van der Waals surface area contributed by atoms with E-state index < -0.39 is 93.4 Å². The molecule has 0 N–H and O–H groups in total. The summed E-state index contributed by atoms with van der Waals surface area (Å²) in [4.78, 5) is 171. The van der Waals surface area contributed by atoms with Crippen molar-refractivity contribution >= 4 is 82.0 Å². The van der Waals surface area contributed by atoms with E-state index in [9.17, 15) is 57.5 Å². The van der Waals surface area contributed by atoms with Crippen molar-refractivity contribution in [2.75, 3.05) is 64.4 Å². The highest BCUT2D eigenvalue weighted by Gasteiger charge is 2.48. The second kappa shape index (κ2) is 43.0. The summed E-state index contributed by atoms with van der Waals surface area (Å²) in [6, 6.07) is 52.4. The van der Waals surface area contributed by atoms with Gasteiger partial charge in [-0.25, -0.2) is 0 Å². The quantitative estimate of drug-likeness (QED) is 0.0300. The summed E-state index contributed by atoms with van der Waals surface area (Å²) < 4.78 is 19.6. The molecule has 0 aromatic heterocycles. The largest absolute Gasteiger partial charge is 0.469 e. The summed E-state index contributed by atoms with van der Waals surface area (Å²) >= 11 is 0. The molecule has 0 unspecified atom stereocenters. The van der Waals surface area contributed by atoms with Crippen molar-refractivity contribution in [3.05, 3.63) is 202 Å². The Morgan fingerprint density at radius 3 is 0.646 bits per heavy atom. The van der Waals surface area contributed by atoms with Gasteiger partial charge in [-0.15, -0.1) is 0 Å². The van der Waals surface area contributed by atoms with Crippen LogP contribution in [0.15, 0.2) is 158 Å². The maximum absolute atomic E-state index is 13.8. The predicted molar refractivity (Wildman–Crippen MR) is 492 cm³/mol. The van der Waals surface area contributed by atoms with Gasteiger partial charge in [0.1, 0.15) is 0 Å². The summed E-state index contributed by atoms with van der Waals surface area (Å²) in [6.07, 6.45) is 9.95. The highest BCUT2D eigenvalue weighted by Crippen LogP contribution is 2.50. The van der Waals surface area contributed by atoms with Crippen molar-refractivity contribution in [1.29, 1.82) is 0 Å². The number of benzene rings is 6. The molecule has 22 heteroatoms. The van der Waals surface area contributed by atoms with Gasteiger partial charge in [-0.05, 0) is 167 Å². The van der Waals surface area contributed by atoms with Crippen molar-refractivity contribution in [3.8, 4) is 0 Å². The summed E-state index contributed by atoms with van der Waals surface area (Å²) in [5.41, 5.74) is 8.57. The molecule has 6 saturated heterocycles. The Labute approximate surface area is 753 Å². The molecule has 6 aromatic carbocycles. The van der Waals surface area contributed by atoms with Gasteiger partial charge < -0.3 is 48.3 Å². The number of likely N-dealkylation sites (tertiary alicyclic amines) is 4. The first-order valence-corrected chi connectivity index (χ1v) is 45.4. The van der Waals surface area contributed by atoms with Crippen LogP contribution in [-0.2, 0) is 102 Å². The molecule has 0 aliphatic carbocycles. The Hall–Kier alpha value is -10.6. The van der Waals surface area contributed by atoms with Crippen LogP contribution in [-0.4, -0.2) is 169 Å². The van der Waals surface area contributed by atoms with Crippen LogP contribution in [0.5, 0.6) is 0 Å². The monoisotopic (exact) mass is 1740 g/mol. The van der Waals surface area contributed by atoms with Crippen LogP contribution in [0.1, 0.15) is 262 Å². The number of carbonyl (C=O) groups excluding carboxylic acids is 12. The van der Waals surface area contributed by atoms with Crippen LogP contribution in [0.2, 0.25) is 0 Å². The van der Waals surface area contributed by atoms with Crippen LogP contribution in [0.25, 0.3) is 0 Å². The predicted octanol–water partition coefficient (Wildman–Crippen LogP) is 17.5. The number of para-hydroxylation sites is 2. The fraction of sp³-hybridized carbons (Fsp3) is 0.543.